The molecule has 12 nitrogen and oxygen atoms in total. The minimum atomic E-state index is -0.454. The number of nitro benzene ring substituents is 1. The highest BCUT2D eigenvalue weighted by atomic mass is 16.6. The Labute approximate surface area is 289 Å². The third-order valence-corrected chi connectivity index (χ3v) is 7.93. The number of nitro groups is 1. The van der Waals surface area contributed by atoms with E-state index in [-0.39, 0.29) is 11.4 Å². The summed E-state index contributed by atoms with van der Waals surface area (Å²) in [6.45, 7) is 2.78. The zero-order chi connectivity index (χ0) is 34.5. The van der Waals surface area contributed by atoms with Crippen LogP contribution in [0, 0.1) is 10.1 Å². The molecule has 0 aliphatic heterocycles. The van der Waals surface area contributed by atoms with Crippen molar-refractivity contribution in [1.82, 2.24) is 29.7 Å². The van der Waals surface area contributed by atoms with Gasteiger partial charge in [0.25, 0.3) is 5.69 Å². The Morgan fingerprint density at radius 1 is 0.540 bits per heavy atom. The second-order valence-corrected chi connectivity index (χ2v) is 11.6. The Morgan fingerprint density at radius 3 is 1.38 bits per heavy atom. The summed E-state index contributed by atoms with van der Waals surface area (Å²) in [6, 6.07) is 32.5. The van der Waals surface area contributed by atoms with E-state index in [1.807, 2.05) is 72.8 Å². The van der Waals surface area contributed by atoms with Crippen molar-refractivity contribution in [1.29, 1.82) is 0 Å². The van der Waals surface area contributed by atoms with Crippen molar-refractivity contribution in [2.75, 3.05) is 0 Å². The molecule has 1 N–H and O–H groups in total. The molecule has 0 amide bonds. The monoisotopic (exact) mass is 665 g/mol. The van der Waals surface area contributed by atoms with Gasteiger partial charge in [0.2, 0.25) is 0 Å². The van der Waals surface area contributed by atoms with Gasteiger partial charge in [-0.05, 0) is 72.8 Å². The normalized spacial score (nSPS) is 11.4. The third kappa shape index (κ3) is 9.43. The smallest absolute Gasteiger partial charge is 0.269 e. The van der Waals surface area contributed by atoms with Gasteiger partial charge in [0.05, 0.1) is 39.1 Å². The van der Waals surface area contributed by atoms with Gasteiger partial charge >= 0.3 is 0 Å². The molecule has 0 saturated heterocycles. The van der Waals surface area contributed by atoms with E-state index in [0.29, 0.717) is 56.2 Å². The molecule has 250 valence electrons. The van der Waals surface area contributed by atoms with Crippen LogP contribution in [0.4, 0.5) is 17.1 Å². The van der Waals surface area contributed by atoms with Gasteiger partial charge in [0, 0.05) is 87.3 Å². The van der Waals surface area contributed by atoms with Crippen LogP contribution in [0.3, 0.4) is 0 Å². The van der Waals surface area contributed by atoms with E-state index in [1.54, 1.807) is 49.1 Å². The van der Waals surface area contributed by atoms with Crippen LogP contribution in [0.5, 0.6) is 5.75 Å². The molecule has 4 heterocycles. The lowest BCUT2D eigenvalue weighted by atomic mass is 10.0. The van der Waals surface area contributed by atoms with Crippen molar-refractivity contribution in [2.45, 2.75) is 39.3 Å². The second-order valence-electron chi connectivity index (χ2n) is 11.6. The van der Waals surface area contributed by atoms with Gasteiger partial charge < -0.3 is 5.11 Å². The van der Waals surface area contributed by atoms with E-state index in [4.69, 9.17) is 0 Å². The Bertz CT molecular complexity index is 1920. The standard InChI is InChI=1S/C38H35N9O3/c48-38-18-17-37(44-43-29-13-15-34(16-14-29)47(49)50)35(27-45(23-30-9-1-5-19-39-30)24-31-10-2-6-20-40-31)36(38)28-46(25-32-11-3-7-21-41-32)26-33-12-4-8-22-42-33/h1-22,48H,23-28H2. The van der Waals surface area contributed by atoms with Crippen LogP contribution in [0.15, 0.2) is 144 Å². The van der Waals surface area contributed by atoms with Crippen LogP contribution in [0.25, 0.3) is 0 Å². The minimum Gasteiger partial charge on any atom is -0.508 e. The Morgan fingerprint density at radius 2 is 0.980 bits per heavy atom. The van der Waals surface area contributed by atoms with E-state index in [0.717, 1.165) is 28.3 Å². The van der Waals surface area contributed by atoms with Gasteiger partial charge in [-0.3, -0.25) is 39.9 Å². The molecule has 0 bridgehead atoms. The maximum atomic E-state index is 11.5. The molecule has 0 fully saturated rings. The number of pyridine rings is 4. The molecule has 6 rings (SSSR count). The SMILES string of the molecule is O=[N+]([O-])c1ccc(N=Nc2ccc(O)c(CN(Cc3ccccn3)Cc3ccccn3)c2CN(Cc2ccccn2)Cc2ccccn2)cc1. The van der Waals surface area contributed by atoms with Crippen molar-refractivity contribution in [3.63, 3.8) is 0 Å². The van der Waals surface area contributed by atoms with Crippen LogP contribution in [-0.2, 0) is 39.3 Å². The second kappa shape index (κ2) is 16.7. The average Bonchev–Trinajstić information content (AvgIpc) is 3.14. The first-order valence-corrected chi connectivity index (χ1v) is 16.0. The molecule has 0 radical (unpaired) electrons. The fourth-order valence-corrected chi connectivity index (χ4v) is 5.53. The van der Waals surface area contributed by atoms with Gasteiger partial charge in [0.15, 0.2) is 0 Å². The largest absolute Gasteiger partial charge is 0.508 e. The van der Waals surface area contributed by atoms with Crippen molar-refractivity contribution in [3.05, 3.63) is 178 Å². The number of benzene rings is 2. The molecule has 0 saturated carbocycles. The summed E-state index contributed by atoms with van der Waals surface area (Å²) >= 11 is 0. The molecule has 0 unspecified atom stereocenters. The molecule has 0 aliphatic carbocycles. The van der Waals surface area contributed by atoms with Gasteiger partial charge in [-0.1, -0.05) is 24.3 Å². The van der Waals surface area contributed by atoms with E-state index in [9.17, 15) is 15.2 Å². The lowest BCUT2D eigenvalue weighted by Crippen LogP contribution is -2.27. The molecule has 50 heavy (non-hydrogen) atoms. The fourth-order valence-electron chi connectivity index (χ4n) is 5.53. The van der Waals surface area contributed by atoms with E-state index >= 15 is 0 Å². The molecule has 0 aliphatic rings. The number of nitrogens with zero attached hydrogens (tertiary/aromatic N) is 9. The predicted octanol–water partition coefficient (Wildman–Crippen LogP) is 7.70. The molecule has 2 aromatic carbocycles. The zero-order valence-corrected chi connectivity index (χ0v) is 27.2. The Hall–Kier alpha value is -6.24. The number of hydrogen-bond acceptors (Lipinski definition) is 11. The first-order valence-electron chi connectivity index (χ1n) is 16.0. The van der Waals surface area contributed by atoms with Crippen molar-refractivity contribution >= 4 is 17.1 Å². The lowest BCUT2D eigenvalue weighted by molar-refractivity contribution is -0.384. The summed E-state index contributed by atoms with van der Waals surface area (Å²) in [5, 5.41) is 31.8. The fraction of sp³-hybridized carbons (Fsp3) is 0.158. The molecule has 0 atom stereocenters. The van der Waals surface area contributed by atoms with Crippen LogP contribution >= 0.6 is 0 Å². The number of azo groups is 1. The highest BCUT2D eigenvalue weighted by molar-refractivity contribution is 5.56. The minimum absolute atomic E-state index is 0.0304. The maximum absolute atomic E-state index is 11.5. The number of phenols is 1. The topological polar surface area (TPSA) is 146 Å². The van der Waals surface area contributed by atoms with Gasteiger partial charge in [0.1, 0.15) is 5.75 Å². The van der Waals surface area contributed by atoms with Gasteiger partial charge in [-0.15, -0.1) is 0 Å². The summed E-state index contributed by atoms with van der Waals surface area (Å²) in [6.07, 6.45) is 7.07. The summed E-state index contributed by atoms with van der Waals surface area (Å²) < 4.78 is 0. The zero-order valence-electron chi connectivity index (χ0n) is 27.2. The number of hydrogen-bond donors (Lipinski definition) is 1. The van der Waals surface area contributed by atoms with Crippen LogP contribution in [0.1, 0.15) is 33.9 Å². The summed E-state index contributed by atoms with van der Waals surface area (Å²) in [5.41, 5.74) is 5.96. The summed E-state index contributed by atoms with van der Waals surface area (Å²) in [5.74, 6) is 0.122. The van der Waals surface area contributed by atoms with E-state index in [2.05, 4.69) is 40.0 Å². The first kappa shape index (κ1) is 33.7. The van der Waals surface area contributed by atoms with Crippen molar-refractivity contribution < 1.29 is 10.0 Å². The molecular weight excluding hydrogens is 630 g/mol. The summed E-state index contributed by atoms with van der Waals surface area (Å²) in [4.78, 5) is 33.4. The number of rotatable bonds is 15. The molecule has 6 aromatic rings. The highest BCUT2D eigenvalue weighted by Gasteiger charge is 2.21. The Kier molecular flexibility index (Phi) is 11.3. The van der Waals surface area contributed by atoms with E-state index < -0.39 is 4.92 Å². The molecular formula is C38H35N9O3. The maximum Gasteiger partial charge on any atom is 0.269 e. The Balaban J connectivity index is 1.41. The predicted molar refractivity (Wildman–Crippen MR) is 188 cm³/mol. The van der Waals surface area contributed by atoms with Crippen LogP contribution in [-0.4, -0.2) is 39.8 Å². The van der Waals surface area contributed by atoms with Crippen molar-refractivity contribution in [2.24, 2.45) is 10.2 Å². The molecule has 12 heteroatoms. The highest BCUT2D eigenvalue weighted by Crippen LogP contribution is 2.35. The number of aromatic hydroxyl groups is 1. The van der Waals surface area contributed by atoms with Crippen LogP contribution < -0.4 is 0 Å². The van der Waals surface area contributed by atoms with E-state index in [1.165, 1.54) is 12.1 Å². The quantitative estimate of drug-likeness (QED) is 0.0662. The van der Waals surface area contributed by atoms with Gasteiger partial charge in [-0.2, -0.15) is 10.2 Å². The van der Waals surface area contributed by atoms with Gasteiger partial charge in [-0.25, -0.2) is 0 Å². The number of phenolic OH excluding ortho intramolecular Hbond substituents is 1. The molecule has 4 aromatic heterocycles. The van der Waals surface area contributed by atoms with Crippen molar-refractivity contribution in [3.8, 4) is 5.75 Å². The molecule has 0 spiro atoms. The lowest BCUT2D eigenvalue weighted by Gasteiger charge is -2.27. The average molecular weight is 666 g/mol. The number of aromatic nitrogens is 4. The van der Waals surface area contributed by atoms with Crippen LogP contribution in [0.2, 0.25) is 0 Å². The summed E-state index contributed by atoms with van der Waals surface area (Å²) in [7, 11) is 0. The third-order valence-electron chi connectivity index (χ3n) is 7.93. The first-order chi connectivity index (χ1) is 24.5. The number of non-ortho nitro benzene ring substituents is 1.